The number of carbonyl (C=O) groups excluding carboxylic acids is 1. The van der Waals surface area contributed by atoms with Gasteiger partial charge in [-0.2, -0.15) is 0 Å². The van der Waals surface area contributed by atoms with E-state index in [1.165, 1.54) is 11.8 Å². The zero-order chi connectivity index (χ0) is 17.1. The van der Waals surface area contributed by atoms with Gasteiger partial charge in [0.2, 0.25) is 0 Å². The van der Waals surface area contributed by atoms with Gasteiger partial charge in [0.05, 0.1) is 10.6 Å². The number of amides is 1. The summed E-state index contributed by atoms with van der Waals surface area (Å²) in [5.41, 5.74) is 2.80. The molecule has 1 aliphatic rings. The van der Waals surface area contributed by atoms with Gasteiger partial charge in [-0.15, -0.1) is 0 Å². The molecule has 4 nitrogen and oxygen atoms in total. The summed E-state index contributed by atoms with van der Waals surface area (Å²) in [6, 6.07) is 15.2. The number of hydrogen-bond acceptors (Lipinski definition) is 4. The van der Waals surface area contributed by atoms with Crippen molar-refractivity contribution in [3.63, 3.8) is 0 Å². The first-order valence-corrected chi connectivity index (χ1v) is 8.53. The van der Waals surface area contributed by atoms with Gasteiger partial charge in [-0.05, 0) is 53.7 Å². The van der Waals surface area contributed by atoms with Crippen LogP contribution in [0.2, 0.25) is 5.02 Å². The Morgan fingerprint density at radius 2 is 1.92 bits per heavy atom. The minimum atomic E-state index is -0.141. The van der Waals surface area contributed by atoms with E-state index in [1.807, 2.05) is 61.5 Å². The molecule has 122 valence electrons. The Morgan fingerprint density at radius 1 is 1.17 bits per heavy atom. The van der Waals surface area contributed by atoms with E-state index >= 15 is 0 Å². The number of anilines is 1. The van der Waals surface area contributed by atoms with Gasteiger partial charge in [0.25, 0.3) is 5.91 Å². The van der Waals surface area contributed by atoms with Crippen LogP contribution in [0.3, 0.4) is 0 Å². The van der Waals surface area contributed by atoms with Crippen molar-refractivity contribution >= 4 is 51.9 Å². The maximum atomic E-state index is 12.1. The third-order valence-corrected chi connectivity index (χ3v) is 4.54. The van der Waals surface area contributed by atoms with Crippen molar-refractivity contribution in [2.75, 3.05) is 19.0 Å². The number of amidine groups is 1. The van der Waals surface area contributed by atoms with Crippen molar-refractivity contribution in [3.05, 3.63) is 64.0 Å². The monoisotopic (exact) mass is 357 g/mol. The SMILES string of the molecule is CN(C)c1ccc(/C=C2/SC(=Nc3cccc(Cl)c3)NC2=O)cc1. The Hall–Kier alpha value is -2.24. The van der Waals surface area contributed by atoms with Crippen LogP contribution in [0.15, 0.2) is 58.4 Å². The first-order valence-electron chi connectivity index (χ1n) is 7.34. The number of nitrogens with one attached hydrogen (secondary N) is 1. The number of hydrogen-bond donors (Lipinski definition) is 1. The Morgan fingerprint density at radius 3 is 2.58 bits per heavy atom. The maximum Gasteiger partial charge on any atom is 0.264 e. The van der Waals surface area contributed by atoms with Crippen LogP contribution in [0.1, 0.15) is 5.56 Å². The van der Waals surface area contributed by atoms with E-state index < -0.39 is 0 Å². The summed E-state index contributed by atoms with van der Waals surface area (Å²) in [7, 11) is 3.98. The van der Waals surface area contributed by atoms with Crippen molar-refractivity contribution in [1.82, 2.24) is 5.32 Å². The molecule has 1 fully saturated rings. The van der Waals surface area contributed by atoms with Gasteiger partial charge < -0.3 is 10.2 Å². The summed E-state index contributed by atoms with van der Waals surface area (Å²) in [6.45, 7) is 0. The number of thioether (sulfide) groups is 1. The topological polar surface area (TPSA) is 44.7 Å². The molecule has 1 heterocycles. The van der Waals surface area contributed by atoms with E-state index in [4.69, 9.17) is 11.6 Å². The second kappa shape index (κ2) is 7.11. The molecule has 0 atom stereocenters. The smallest absolute Gasteiger partial charge is 0.264 e. The number of rotatable bonds is 3. The lowest BCUT2D eigenvalue weighted by Crippen LogP contribution is -2.19. The van der Waals surface area contributed by atoms with Crippen LogP contribution in [-0.4, -0.2) is 25.2 Å². The molecule has 0 unspecified atom stereocenters. The Bertz CT molecular complexity index is 828. The van der Waals surface area contributed by atoms with Crippen LogP contribution < -0.4 is 10.2 Å². The van der Waals surface area contributed by atoms with E-state index in [-0.39, 0.29) is 5.91 Å². The molecule has 0 aromatic heterocycles. The highest BCUT2D eigenvalue weighted by Gasteiger charge is 2.23. The molecule has 1 amide bonds. The van der Waals surface area contributed by atoms with Crippen LogP contribution >= 0.6 is 23.4 Å². The number of benzene rings is 2. The number of nitrogens with zero attached hydrogens (tertiary/aromatic N) is 2. The van der Waals surface area contributed by atoms with Crippen molar-refractivity contribution in [1.29, 1.82) is 0 Å². The molecule has 6 heteroatoms. The third-order valence-electron chi connectivity index (χ3n) is 3.40. The van der Waals surface area contributed by atoms with Crippen LogP contribution in [0.4, 0.5) is 11.4 Å². The van der Waals surface area contributed by atoms with Gasteiger partial charge in [0.1, 0.15) is 0 Å². The van der Waals surface area contributed by atoms with Gasteiger partial charge in [-0.3, -0.25) is 4.79 Å². The quantitative estimate of drug-likeness (QED) is 0.833. The van der Waals surface area contributed by atoms with E-state index in [2.05, 4.69) is 10.3 Å². The molecular formula is C18H16ClN3OS. The van der Waals surface area contributed by atoms with Crippen molar-refractivity contribution < 1.29 is 4.79 Å². The molecule has 24 heavy (non-hydrogen) atoms. The van der Waals surface area contributed by atoms with Gasteiger partial charge in [-0.1, -0.05) is 29.8 Å². The third kappa shape index (κ3) is 3.99. The predicted molar refractivity (Wildman–Crippen MR) is 103 cm³/mol. The fourth-order valence-corrected chi connectivity index (χ4v) is 3.19. The Labute approximate surface area is 150 Å². The highest BCUT2D eigenvalue weighted by Crippen LogP contribution is 2.29. The van der Waals surface area contributed by atoms with Gasteiger partial charge in [0.15, 0.2) is 5.17 Å². The number of halogens is 1. The zero-order valence-corrected chi connectivity index (χ0v) is 14.9. The van der Waals surface area contributed by atoms with E-state index in [9.17, 15) is 4.79 Å². The highest BCUT2D eigenvalue weighted by atomic mass is 35.5. The number of carbonyl (C=O) groups is 1. The lowest BCUT2D eigenvalue weighted by Gasteiger charge is -2.11. The summed E-state index contributed by atoms with van der Waals surface area (Å²) < 4.78 is 0. The first kappa shape index (κ1) is 16.6. The summed E-state index contributed by atoms with van der Waals surface area (Å²) in [4.78, 5) is 19.2. The number of aliphatic imine (C=N–C) groups is 1. The molecule has 1 saturated heterocycles. The van der Waals surface area contributed by atoms with Gasteiger partial charge in [0, 0.05) is 24.8 Å². The summed E-state index contributed by atoms with van der Waals surface area (Å²) in [5.74, 6) is -0.141. The first-order chi connectivity index (χ1) is 11.5. The fraction of sp³-hybridized carbons (Fsp3) is 0.111. The second-order valence-electron chi connectivity index (χ2n) is 5.45. The average molecular weight is 358 g/mol. The lowest BCUT2D eigenvalue weighted by atomic mass is 10.2. The molecule has 0 aliphatic carbocycles. The predicted octanol–water partition coefficient (Wildman–Crippen LogP) is 4.30. The summed E-state index contributed by atoms with van der Waals surface area (Å²) in [6.07, 6.45) is 1.86. The molecule has 2 aromatic rings. The average Bonchev–Trinajstić information content (AvgIpc) is 2.87. The van der Waals surface area contributed by atoms with Crippen molar-refractivity contribution in [2.24, 2.45) is 4.99 Å². The molecule has 0 saturated carbocycles. The molecule has 3 rings (SSSR count). The lowest BCUT2D eigenvalue weighted by molar-refractivity contribution is -0.115. The molecule has 1 N–H and O–H groups in total. The summed E-state index contributed by atoms with van der Waals surface area (Å²) in [5, 5.41) is 3.94. The molecule has 0 bridgehead atoms. The molecule has 2 aromatic carbocycles. The fourth-order valence-electron chi connectivity index (χ4n) is 2.16. The molecular weight excluding hydrogens is 342 g/mol. The summed E-state index contributed by atoms with van der Waals surface area (Å²) >= 11 is 7.27. The normalized spacial score (nSPS) is 17.4. The van der Waals surface area contributed by atoms with Crippen LogP contribution in [-0.2, 0) is 4.79 Å². The zero-order valence-electron chi connectivity index (χ0n) is 13.3. The van der Waals surface area contributed by atoms with E-state index in [0.717, 1.165) is 11.3 Å². The van der Waals surface area contributed by atoms with E-state index in [0.29, 0.717) is 20.8 Å². The van der Waals surface area contributed by atoms with E-state index in [1.54, 1.807) is 12.1 Å². The van der Waals surface area contributed by atoms with Crippen molar-refractivity contribution in [3.8, 4) is 0 Å². The molecule has 0 spiro atoms. The molecule has 0 radical (unpaired) electrons. The largest absolute Gasteiger partial charge is 0.378 e. The van der Waals surface area contributed by atoms with Crippen molar-refractivity contribution in [2.45, 2.75) is 0 Å². The maximum absolute atomic E-state index is 12.1. The van der Waals surface area contributed by atoms with Crippen LogP contribution in [0.25, 0.3) is 6.08 Å². The Kier molecular flexibility index (Phi) is 4.92. The van der Waals surface area contributed by atoms with Gasteiger partial charge >= 0.3 is 0 Å². The van der Waals surface area contributed by atoms with Crippen LogP contribution in [0, 0.1) is 0 Å². The minimum Gasteiger partial charge on any atom is -0.378 e. The standard InChI is InChI=1S/C18H16ClN3OS/c1-22(2)15-8-6-12(7-9-15)10-16-17(23)21-18(24-16)20-14-5-3-4-13(19)11-14/h3-11H,1-2H3,(H,20,21,23)/b16-10+. The highest BCUT2D eigenvalue weighted by molar-refractivity contribution is 8.18. The minimum absolute atomic E-state index is 0.141. The van der Waals surface area contributed by atoms with Gasteiger partial charge in [-0.25, -0.2) is 4.99 Å². The second-order valence-corrected chi connectivity index (χ2v) is 6.91. The Balaban J connectivity index is 1.79. The van der Waals surface area contributed by atoms with Crippen LogP contribution in [0.5, 0.6) is 0 Å². The molecule has 1 aliphatic heterocycles.